The first-order chi connectivity index (χ1) is 14.5. The van der Waals surface area contributed by atoms with Gasteiger partial charge in [-0.25, -0.2) is 4.39 Å². The van der Waals surface area contributed by atoms with Crippen molar-refractivity contribution in [3.63, 3.8) is 0 Å². The number of benzene rings is 2. The predicted molar refractivity (Wildman–Crippen MR) is 115 cm³/mol. The van der Waals surface area contributed by atoms with Crippen LogP contribution in [0.15, 0.2) is 70.8 Å². The molecule has 2 aromatic carbocycles. The monoisotopic (exact) mass is 422 g/mol. The van der Waals surface area contributed by atoms with Crippen molar-refractivity contribution in [1.82, 2.24) is 9.88 Å². The zero-order valence-corrected chi connectivity index (χ0v) is 17.0. The molecule has 2 aromatic heterocycles. The average Bonchev–Trinajstić information content (AvgIpc) is 3.26. The Balaban J connectivity index is 1.71. The third kappa shape index (κ3) is 4.11. The van der Waals surface area contributed by atoms with Gasteiger partial charge in [0.15, 0.2) is 0 Å². The number of nitrogens with one attached hydrogen (secondary N) is 1. The maximum absolute atomic E-state index is 14.3. The molecular weight excluding hydrogens is 403 g/mol. The molecule has 0 radical (unpaired) electrons. The zero-order chi connectivity index (χ0) is 21.1. The topological polar surface area (TPSA) is 62.4 Å². The van der Waals surface area contributed by atoms with Crippen LogP contribution in [0.5, 0.6) is 5.75 Å². The molecule has 0 aliphatic heterocycles. The molecule has 0 unspecified atom stereocenters. The lowest BCUT2D eigenvalue weighted by atomic mass is 10.1. The summed E-state index contributed by atoms with van der Waals surface area (Å²) in [5, 5.41) is 2.73. The number of methoxy groups -OCH3 is 1. The van der Waals surface area contributed by atoms with Gasteiger partial charge in [-0.2, -0.15) is 0 Å². The fourth-order valence-corrected chi connectivity index (χ4v) is 3.99. The lowest BCUT2D eigenvalue weighted by molar-refractivity contribution is 0.0726. The normalized spacial score (nSPS) is 10.9. The molecule has 2 heterocycles. The van der Waals surface area contributed by atoms with Gasteiger partial charge in [0.1, 0.15) is 11.6 Å². The van der Waals surface area contributed by atoms with Crippen LogP contribution in [-0.4, -0.2) is 22.9 Å². The van der Waals surface area contributed by atoms with Gasteiger partial charge < -0.3 is 14.6 Å². The van der Waals surface area contributed by atoms with E-state index in [9.17, 15) is 14.0 Å². The summed E-state index contributed by atoms with van der Waals surface area (Å²) < 4.78 is 19.5. The number of hydrogen-bond donors (Lipinski definition) is 1. The minimum absolute atomic E-state index is 0.0176. The first-order valence-electron chi connectivity index (χ1n) is 9.31. The standard InChI is InChI=1S/C23H19FN2O3S/c1-29-17-9-8-15-11-16(22(27)25-21(15)12-17)13-26(14-18-5-4-10-30-18)23(28)19-6-2-3-7-20(19)24/h2-12H,13-14H2,1H3,(H,25,27). The van der Waals surface area contributed by atoms with Gasteiger partial charge in [0.05, 0.1) is 31.3 Å². The minimum Gasteiger partial charge on any atom is -0.497 e. The highest BCUT2D eigenvalue weighted by Crippen LogP contribution is 2.21. The van der Waals surface area contributed by atoms with Crippen LogP contribution < -0.4 is 10.3 Å². The third-order valence-electron chi connectivity index (χ3n) is 4.81. The smallest absolute Gasteiger partial charge is 0.257 e. The molecule has 0 aliphatic carbocycles. The third-order valence-corrected chi connectivity index (χ3v) is 5.67. The van der Waals surface area contributed by atoms with Crippen LogP contribution in [0.1, 0.15) is 20.8 Å². The van der Waals surface area contributed by atoms with Gasteiger partial charge in [-0.1, -0.05) is 18.2 Å². The van der Waals surface area contributed by atoms with Gasteiger partial charge in [0, 0.05) is 16.5 Å². The van der Waals surface area contributed by atoms with E-state index in [1.807, 2.05) is 23.6 Å². The van der Waals surface area contributed by atoms with E-state index in [2.05, 4.69) is 4.98 Å². The number of aromatic nitrogens is 1. The van der Waals surface area contributed by atoms with Crippen LogP contribution in [-0.2, 0) is 13.1 Å². The number of halogens is 1. The van der Waals surface area contributed by atoms with Gasteiger partial charge in [-0.15, -0.1) is 11.3 Å². The van der Waals surface area contributed by atoms with E-state index in [0.29, 0.717) is 16.8 Å². The average molecular weight is 422 g/mol. The van der Waals surface area contributed by atoms with Crippen molar-refractivity contribution in [2.75, 3.05) is 7.11 Å². The summed E-state index contributed by atoms with van der Waals surface area (Å²) in [5.41, 5.74) is 0.756. The van der Waals surface area contributed by atoms with E-state index in [1.165, 1.54) is 34.4 Å². The molecule has 5 nitrogen and oxygen atoms in total. The highest BCUT2D eigenvalue weighted by Gasteiger charge is 2.21. The number of carbonyl (C=O) groups excluding carboxylic acids is 1. The lowest BCUT2D eigenvalue weighted by Gasteiger charge is -2.22. The molecule has 0 saturated heterocycles. The van der Waals surface area contributed by atoms with Crippen LogP contribution in [0.25, 0.3) is 10.9 Å². The lowest BCUT2D eigenvalue weighted by Crippen LogP contribution is -2.32. The summed E-state index contributed by atoms with van der Waals surface area (Å²) in [6.07, 6.45) is 0. The van der Waals surface area contributed by atoms with Gasteiger partial charge in [-0.05, 0) is 47.2 Å². The number of ether oxygens (including phenoxy) is 1. The van der Waals surface area contributed by atoms with Gasteiger partial charge in [0.25, 0.3) is 11.5 Å². The number of H-pyrrole nitrogens is 1. The Morgan fingerprint density at radius 2 is 1.93 bits per heavy atom. The fraction of sp³-hybridized carbons (Fsp3) is 0.130. The number of thiophene rings is 1. The van der Waals surface area contributed by atoms with Crippen LogP contribution in [0.3, 0.4) is 0 Å². The molecule has 0 saturated carbocycles. The summed E-state index contributed by atoms with van der Waals surface area (Å²) in [6, 6.07) is 16.8. The Labute approximate surface area is 176 Å². The van der Waals surface area contributed by atoms with Gasteiger partial charge in [0.2, 0.25) is 0 Å². The second kappa shape index (κ2) is 8.51. The number of pyridine rings is 1. The number of rotatable bonds is 6. The molecule has 152 valence electrons. The molecule has 1 N–H and O–H groups in total. The quantitative estimate of drug-likeness (QED) is 0.495. The van der Waals surface area contributed by atoms with Crippen LogP contribution in [0, 0.1) is 5.82 Å². The fourth-order valence-electron chi connectivity index (χ4n) is 3.27. The summed E-state index contributed by atoms with van der Waals surface area (Å²) >= 11 is 1.50. The number of nitrogens with zero attached hydrogens (tertiary/aromatic N) is 1. The van der Waals surface area contributed by atoms with Crippen molar-refractivity contribution in [1.29, 1.82) is 0 Å². The van der Waals surface area contributed by atoms with Crippen molar-refractivity contribution in [3.05, 3.63) is 98.2 Å². The summed E-state index contributed by atoms with van der Waals surface area (Å²) in [6.45, 7) is 0.341. The van der Waals surface area contributed by atoms with E-state index < -0.39 is 11.7 Å². The Morgan fingerprint density at radius 1 is 1.10 bits per heavy atom. The van der Waals surface area contributed by atoms with E-state index in [4.69, 9.17) is 4.74 Å². The molecule has 0 aliphatic rings. The molecule has 7 heteroatoms. The first kappa shape index (κ1) is 19.8. The largest absolute Gasteiger partial charge is 0.497 e. The number of aromatic amines is 1. The Hall–Kier alpha value is -3.45. The van der Waals surface area contributed by atoms with Crippen molar-refractivity contribution in [2.45, 2.75) is 13.1 Å². The van der Waals surface area contributed by atoms with Gasteiger partial charge in [-0.3, -0.25) is 9.59 Å². The number of carbonyl (C=O) groups is 1. The minimum atomic E-state index is -0.585. The summed E-state index contributed by atoms with van der Waals surface area (Å²) in [5.74, 6) is -0.408. The van der Waals surface area contributed by atoms with Crippen molar-refractivity contribution < 1.29 is 13.9 Å². The molecule has 0 atom stereocenters. The molecule has 0 spiro atoms. The van der Waals surface area contributed by atoms with E-state index in [1.54, 1.807) is 31.4 Å². The maximum atomic E-state index is 14.3. The molecule has 0 fully saturated rings. The first-order valence-corrected chi connectivity index (χ1v) is 10.2. The second-order valence-corrected chi connectivity index (χ2v) is 7.83. The maximum Gasteiger partial charge on any atom is 0.257 e. The highest BCUT2D eigenvalue weighted by atomic mass is 32.1. The summed E-state index contributed by atoms with van der Waals surface area (Å²) in [7, 11) is 1.56. The number of hydrogen-bond acceptors (Lipinski definition) is 4. The Morgan fingerprint density at radius 3 is 2.67 bits per heavy atom. The molecular formula is C23H19FN2O3S. The van der Waals surface area contributed by atoms with Crippen molar-refractivity contribution >= 4 is 28.1 Å². The van der Waals surface area contributed by atoms with E-state index >= 15 is 0 Å². The van der Waals surface area contributed by atoms with Crippen LogP contribution in [0.2, 0.25) is 0 Å². The molecule has 1 amide bonds. The van der Waals surface area contributed by atoms with Crippen LogP contribution in [0.4, 0.5) is 4.39 Å². The Bertz CT molecular complexity index is 1250. The SMILES string of the molecule is COc1ccc2cc(CN(Cc3cccs3)C(=O)c3ccccc3F)c(=O)[nH]c2c1. The van der Waals surface area contributed by atoms with E-state index in [-0.39, 0.29) is 24.2 Å². The second-order valence-electron chi connectivity index (χ2n) is 6.80. The van der Waals surface area contributed by atoms with Crippen molar-refractivity contribution in [3.8, 4) is 5.75 Å². The zero-order valence-electron chi connectivity index (χ0n) is 16.2. The Kier molecular flexibility index (Phi) is 5.63. The molecule has 4 aromatic rings. The molecule has 0 bridgehead atoms. The number of fused-ring (bicyclic) bond motifs is 1. The van der Waals surface area contributed by atoms with Crippen molar-refractivity contribution in [2.24, 2.45) is 0 Å². The number of amides is 1. The van der Waals surface area contributed by atoms with Crippen LogP contribution >= 0.6 is 11.3 Å². The summed E-state index contributed by atoms with van der Waals surface area (Å²) in [4.78, 5) is 31.1. The highest BCUT2D eigenvalue weighted by molar-refractivity contribution is 7.09. The molecule has 4 rings (SSSR count). The predicted octanol–water partition coefficient (Wildman–Crippen LogP) is 4.58. The van der Waals surface area contributed by atoms with E-state index in [0.717, 1.165) is 10.3 Å². The molecule has 30 heavy (non-hydrogen) atoms. The van der Waals surface area contributed by atoms with Gasteiger partial charge >= 0.3 is 0 Å².